The Morgan fingerprint density at radius 3 is 2.48 bits per heavy atom. The maximum absolute atomic E-state index is 12.0. The highest BCUT2D eigenvalue weighted by atomic mass is 16.5. The fraction of sp³-hybridized carbons (Fsp3) is 0.429. The van der Waals surface area contributed by atoms with Crippen LogP contribution in [0.25, 0.3) is 0 Å². The Balaban J connectivity index is 2.68. The zero-order valence-corrected chi connectivity index (χ0v) is 12.0. The second-order valence-electron chi connectivity index (χ2n) is 4.55. The van der Waals surface area contributed by atoms with Gasteiger partial charge in [0, 0.05) is 18.0 Å². The number of hydrogen-bond donors (Lipinski definition) is 2. The van der Waals surface area contributed by atoms with Gasteiger partial charge in [-0.3, -0.25) is 19.4 Å². The lowest BCUT2D eigenvalue weighted by Gasteiger charge is -2.18. The summed E-state index contributed by atoms with van der Waals surface area (Å²) in [6.45, 7) is 3.57. The van der Waals surface area contributed by atoms with Gasteiger partial charge in [0.15, 0.2) is 0 Å². The predicted octanol–water partition coefficient (Wildman–Crippen LogP) is 0.255. The molecule has 1 heterocycles. The summed E-state index contributed by atoms with van der Waals surface area (Å²) in [4.78, 5) is 38.8. The zero-order valence-electron chi connectivity index (χ0n) is 12.0. The third-order valence-corrected chi connectivity index (χ3v) is 2.87. The monoisotopic (exact) mass is 293 g/mol. The van der Waals surface area contributed by atoms with Gasteiger partial charge >= 0.3 is 5.97 Å². The Labute approximate surface area is 122 Å². The number of nitrogens with two attached hydrogens (primary N) is 1. The predicted molar refractivity (Wildman–Crippen MR) is 75.1 cm³/mol. The van der Waals surface area contributed by atoms with Gasteiger partial charge in [-0.05, 0) is 25.5 Å². The molecule has 0 spiro atoms. The summed E-state index contributed by atoms with van der Waals surface area (Å²) in [6.07, 6.45) is 3.02. The molecule has 0 bridgehead atoms. The van der Waals surface area contributed by atoms with E-state index in [9.17, 15) is 14.4 Å². The van der Waals surface area contributed by atoms with Crippen LogP contribution in [0.2, 0.25) is 0 Å². The molecule has 0 radical (unpaired) electrons. The average Bonchev–Trinajstić information content (AvgIpc) is 2.47. The highest BCUT2D eigenvalue weighted by molar-refractivity contribution is 5.97. The van der Waals surface area contributed by atoms with E-state index in [1.54, 1.807) is 13.8 Å². The molecule has 0 aliphatic carbocycles. The fourth-order valence-corrected chi connectivity index (χ4v) is 1.73. The maximum Gasteiger partial charge on any atom is 0.308 e. The van der Waals surface area contributed by atoms with Crippen molar-refractivity contribution in [3.63, 3.8) is 0 Å². The van der Waals surface area contributed by atoms with Crippen LogP contribution in [0.3, 0.4) is 0 Å². The van der Waals surface area contributed by atoms with Gasteiger partial charge in [0.25, 0.3) is 5.91 Å². The van der Waals surface area contributed by atoms with Crippen molar-refractivity contribution in [3.8, 4) is 0 Å². The first-order chi connectivity index (χ1) is 9.95. The number of amides is 2. The lowest BCUT2D eigenvalue weighted by atomic mass is 10.0. The van der Waals surface area contributed by atoms with Gasteiger partial charge in [0.1, 0.15) is 6.04 Å². The number of pyridine rings is 1. The Bertz CT molecular complexity index is 504. The summed E-state index contributed by atoms with van der Waals surface area (Å²) < 4.78 is 4.86. The first-order valence-corrected chi connectivity index (χ1v) is 6.62. The van der Waals surface area contributed by atoms with Crippen LogP contribution in [0.4, 0.5) is 0 Å². The van der Waals surface area contributed by atoms with Crippen LogP contribution in [-0.2, 0) is 14.3 Å². The second kappa shape index (κ2) is 7.98. The maximum atomic E-state index is 12.0. The molecule has 2 amide bonds. The Hall–Kier alpha value is -2.44. The number of rotatable bonds is 7. The van der Waals surface area contributed by atoms with Crippen LogP contribution in [0.15, 0.2) is 24.5 Å². The molecule has 1 aromatic rings. The van der Waals surface area contributed by atoms with E-state index in [1.165, 1.54) is 24.5 Å². The second-order valence-corrected chi connectivity index (χ2v) is 4.55. The van der Waals surface area contributed by atoms with Crippen molar-refractivity contribution in [2.75, 3.05) is 6.61 Å². The number of hydrogen-bond acceptors (Lipinski definition) is 5. The van der Waals surface area contributed by atoms with Crippen molar-refractivity contribution in [3.05, 3.63) is 30.1 Å². The van der Waals surface area contributed by atoms with E-state index in [2.05, 4.69) is 10.3 Å². The van der Waals surface area contributed by atoms with Crippen LogP contribution >= 0.6 is 0 Å². The van der Waals surface area contributed by atoms with Gasteiger partial charge in [-0.15, -0.1) is 0 Å². The Kier molecular flexibility index (Phi) is 6.32. The van der Waals surface area contributed by atoms with Crippen LogP contribution in [0.1, 0.15) is 30.6 Å². The fourth-order valence-electron chi connectivity index (χ4n) is 1.73. The van der Waals surface area contributed by atoms with E-state index in [4.69, 9.17) is 10.5 Å². The summed E-state index contributed by atoms with van der Waals surface area (Å²) in [5.41, 5.74) is 5.63. The molecular weight excluding hydrogens is 274 g/mol. The van der Waals surface area contributed by atoms with Crippen LogP contribution in [0, 0.1) is 5.92 Å². The number of carbonyl (C=O) groups excluding carboxylic acids is 3. The number of carbonyl (C=O) groups is 3. The third-order valence-electron chi connectivity index (χ3n) is 2.87. The van der Waals surface area contributed by atoms with Gasteiger partial charge in [-0.1, -0.05) is 6.92 Å². The van der Waals surface area contributed by atoms with E-state index < -0.39 is 29.7 Å². The molecule has 0 saturated carbocycles. The highest BCUT2D eigenvalue weighted by Crippen LogP contribution is 2.09. The average molecular weight is 293 g/mol. The molecule has 0 aliphatic heterocycles. The van der Waals surface area contributed by atoms with Crippen molar-refractivity contribution in [2.45, 2.75) is 26.3 Å². The topological polar surface area (TPSA) is 111 Å². The van der Waals surface area contributed by atoms with Crippen molar-refractivity contribution < 1.29 is 19.1 Å². The smallest absolute Gasteiger partial charge is 0.308 e. The Morgan fingerprint density at radius 2 is 1.95 bits per heavy atom. The summed E-state index contributed by atoms with van der Waals surface area (Å²) in [6, 6.07) is 2.09. The van der Waals surface area contributed by atoms with Crippen molar-refractivity contribution in [2.24, 2.45) is 11.7 Å². The van der Waals surface area contributed by atoms with Gasteiger partial charge in [-0.2, -0.15) is 0 Å². The summed E-state index contributed by atoms with van der Waals surface area (Å²) in [5, 5.41) is 2.51. The first kappa shape index (κ1) is 16.6. The molecule has 1 aromatic heterocycles. The van der Waals surface area contributed by atoms with Crippen LogP contribution < -0.4 is 11.1 Å². The normalized spacial score (nSPS) is 13.0. The minimum atomic E-state index is -0.940. The van der Waals surface area contributed by atoms with Gasteiger partial charge in [0.05, 0.1) is 12.5 Å². The summed E-state index contributed by atoms with van der Waals surface area (Å²) in [7, 11) is 0. The number of esters is 1. The number of primary amides is 1. The van der Waals surface area contributed by atoms with E-state index in [0.29, 0.717) is 5.56 Å². The summed E-state index contributed by atoms with van der Waals surface area (Å²) >= 11 is 0. The van der Waals surface area contributed by atoms with Crippen molar-refractivity contribution in [1.82, 2.24) is 10.3 Å². The lowest BCUT2D eigenvalue weighted by molar-refractivity contribution is -0.147. The molecule has 0 aliphatic rings. The van der Waals surface area contributed by atoms with E-state index in [-0.39, 0.29) is 13.0 Å². The third kappa shape index (κ3) is 5.21. The molecule has 3 N–H and O–H groups in total. The molecule has 1 rings (SSSR count). The minimum Gasteiger partial charge on any atom is -0.466 e. The molecule has 2 atom stereocenters. The largest absolute Gasteiger partial charge is 0.466 e. The SMILES string of the molecule is CCOC(=O)[C@H](C)C[C@@H](NC(=O)c1ccncc1)C(N)=O. The van der Waals surface area contributed by atoms with Gasteiger partial charge in [0.2, 0.25) is 5.91 Å². The molecule has 0 unspecified atom stereocenters. The molecular formula is C14H19N3O4. The minimum absolute atomic E-state index is 0.0883. The van der Waals surface area contributed by atoms with Crippen LogP contribution in [0.5, 0.6) is 0 Å². The Morgan fingerprint density at radius 1 is 1.33 bits per heavy atom. The molecule has 0 aromatic carbocycles. The van der Waals surface area contributed by atoms with Crippen molar-refractivity contribution >= 4 is 17.8 Å². The highest BCUT2D eigenvalue weighted by Gasteiger charge is 2.25. The molecule has 21 heavy (non-hydrogen) atoms. The zero-order chi connectivity index (χ0) is 15.8. The van der Waals surface area contributed by atoms with Gasteiger partial charge in [-0.25, -0.2) is 0 Å². The van der Waals surface area contributed by atoms with Gasteiger partial charge < -0.3 is 15.8 Å². The number of aromatic nitrogens is 1. The molecule has 0 fully saturated rings. The number of ether oxygens (including phenoxy) is 1. The quantitative estimate of drug-likeness (QED) is 0.700. The number of nitrogens with one attached hydrogen (secondary N) is 1. The van der Waals surface area contributed by atoms with Crippen molar-refractivity contribution in [1.29, 1.82) is 0 Å². The first-order valence-electron chi connectivity index (χ1n) is 6.62. The molecule has 114 valence electrons. The van der Waals surface area contributed by atoms with E-state index >= 15 is 0 Å². The summed E-state index contributed by atoms with van der Waals surface area (Å²) in [5.74, 6) is -2.12. The van der Waals surface area contributed by atoms with Crippen LogP contribution in [-0.4, -0.2) is 35.4 Å². The molecule has 7 heteroatoms. The lowest BCUT2D eigenvalue weighted by Crippen LogP contribution is -2.46. The van der Waals surface area contributed by atoms with E-state index in [0.717, 1.165) is 0 Å². The standard InChI is InChI=1S/C14H19N3O4/c1-3-21-14(20)9(2)8-11(12(15)18)17-13(19)10-4-6-16-7-5-10/h4-7,9,11H,3,8H2,1-2H3,(H2,15,18)(H,17,19)/t9-,11-/m1/s1. The molecule has 0 saturated heterocycles. The number of nitrogens with zero attached hydrogens (tertiary/aromatic N) is 1. The van der Waals surface area contributed by atoms with E-state index in [1.807, 2.05) is 0 Å². The molecule has 7 nitrogen and oxygen atoms in total.